The number of rotatable bonds is 9. The number of nitrogens with zero attached hydrogens (tertiary/aromatic N) is 4. The van der Waals surface area contributed by atoms with Gasteiger partial charge in [0.05, 0.1) is 23.3 Å². The monoisotopic (exact) mass is 558 g/mol. The minimum atomic E-state index is -3.39. The van der Waals surface area contributed by atoms with E-state index in [0.29, 0.717) is 41.0 Å². The van der Waals surface area contributed by atoms with Gasteiger partial charge in [0.1, 0.15) is 11.7 Å². The maximum absolute atomic E-state index is 14.9. The Hall–Kier alpha value is -3.64. The summed E-state index contributed by atoms with van der Waals surface area (Å²) >= 11 is 0. The summed E-state index contributed by atoms with van der Waals surface area (Å²) in [7, 11) is -1.85. The Morgan fingerprint density at radius 3 is 2.64 bits per heavy atom. The van der Waals surface area contributed by atoms with Gasteiger partial charge in [0.2, 0.25) is 16.0 Å². The van der Waals surface area contributed by atoms with Crippen molar-refractivity contribution in [1.29, 1.82) is 5.41 Å². The molecular formula is C27H39FN8O2S. The number of halogens is 1. The van der Waals surface area contributed by atoms with E-state index in [4.69, 9.17) is 5.41 Å². The van der Waals surface area contributed by atoms with E-state index in [-0.39, 0.29) is 5.96 Å². The number of guanidine groups is 1. The van der Waals surface area contributed by atoms with E-state index in [9.17, 15) is 12.8 Å². The summed E-state index contributed by atoms with van der Waals surface area (Å²) in [4.78, 5) is 8.56. The van der Waals surface area contributed by atoms with Crippen molar-refractivity contribution in [3.05, 3.63) is 84.0 Å². The fourth-order valence-corrected chi connectivity index (χ4v) is 4.92. The Morgan fingerprint density at radius 1 is 1.28 bits per heavy atom. The predicted octanol–water partition coefficient (Wildman–Crippen LogP) is 2.86. The van der Waals surface area contributed by atoms with E-state index in [1.54, 1.807) is 18.5 Å². The third-order valence-corrected chi connectivity index (χ3v) is 7.87. The minimum absolute atomic E-state index is 0.184. The summed E-state index contributed by atoms with van der Waals surface area (Å²) in [5.74, 6) is -0.209. The van der Waals surface area contributed by atoms with E-state index < -0.39 is 15.9 Å². The highest BCUT2D eigenvalue weighted by atomic mass is 32.2. The molecule has 0 atom stereocenters. The molecule has 1 aliphatic carbocycles. The average Bonchev–Trinajstić information content (AvgIpc) is 3.34. The Morgan fingerprint density at radius 2 is 2.00 bits per heavy atom. The van der Waals surface area contributed by atoms with E-state index in [1.165, 1.54) is 36.0 Å². The molecule has 1 saturated heterocycles. The van der Waals surface area contributed by atoms with Crippen LogP contribution >= 0.6 is 0 Å². The van der Waals surface area contributed by atoms with Crippen LogP contribution < -0.4 is 16.0 Å². The van der Waals surface area contributed by atoms with E-state index in [1.807, 2.05) is 17.1 Å². The highest BCUT2D eigenvalue weighted by Gasteiger charge is 2.21. The molecule has 39 heavy (non-hydrogen) atoms. The van der Waals surface area contributed by atoms with Crippen molar-refractivity contribution < 1.29 is 12.8 Å². The standard InChI is InChI=1S/C27H39FN8O2S/c1-6-24(36-17-15-35(16-18-36)20(2)3)22(28)12-14-31-27(29)33-26-21(11-13-30-26)19-32-23-9-7-8-10-25(23)34(4)39(5,37)38/h6-7,9,11-14,19-20,32H,1,8,10,15-18H2,2-5H3,(H3,29,30,31,33)/b14-12+,21-19+,24-22-. The third kappa shape index (κ3) is 8.17. The van der Waals surface area contributed by atoms with Crippen LogP contribution in [0.3, 0.4) is 0 Å². The summed E-state index contributed by atoms with van der Waals surface area (Å²) in [5, 5.41) is 17.0. The predicted molar refractivity (Wildman–Crippen MR) is 156 cm³/mol. The number of aliphatic imine (C=N–C) groups is 1. The van der Waals surface area contributed by atoms with E-state index >= 15 is 0 Å². The van der Waals surface area contributed by atoms with Crippen LogP contribution in [0.5, 0.6) is 0 Å². The molecular weight excluding hydrogens is 519 g/mol. The fourth-order valence-electron chi connectivity index (χ4n) is 4.33. The molecule has 2 heterocycles. The molecule has 10 nitrogen and oxygen atoms in total. The van der Waals surface area contributed by atoms with Crippen molar-refractivity contribution in [2.75, 3.05) is 39.5 Å². The molecule has 0 aromatic carbocycles. The first-order valence-electron chi connectivity index (χ1n) is 12.9. The zero-order valence-electron chi connectivity index (χ0n) is 23.0. The highest BCUT2D eigenvalue weighted by molar-refractivity contribution is 7.88. The van der Waals surface area contributed by atoms with E-state index in [0.717, 1.165) is 32.6 Å². The molecule has 4 N–H and O–H groups in total. The first kappa shape index (κ1) is 29.9. The van der Waals surface area contributed by atoms with Crippen molar-refractivity contribution >= 4 is 21.8 Å². The quantitative estimate of drug-likeness (QED) is 0.195. The molecule has 0 bridgehead atoms. The fraction of sp³-hybridized carbons (Fsp3) is 0.407. The average molecular weight is 559 g/mol. The van der Waals surface area contributed by atoms with E-state index in [2.05, 4.69) is 46.3 Å². The van der Waals surface area contributed by atoms with Crippen LogP contribution in [-0.4, -0.2) is 79.8 Å². The van der Waals surface area contributed by atoms with Crippen molar-refractivity contribution in [3.8, 4) is 0 Å². The second-order valence-corrected chi connectivity index (χ2v) is 11.6. The van der Waals surface area contributed by atoms with Gasteiger partial charge in [0.15, 0.2) is 0 Å². The summed E-state index contributed by atoms with van der Waals surface area (Å²) in [6.07, 6.45) is 15.6. The van der Waals surface area contributed by atoms with Crippen LogP contribution in [0.4, 0.5) is 4.39 Å². The van der Waals surface area contributed by atoms with Crippen LogP contribution in [0, 0.1) is 5.41 Å². The number of nitrogens with one attached hydrogen (secondary N) is 4. The summed E-state index contributed by atoms with van der Waals surface area (Å²) in [5.41, 5.74) is 2.43. The minimum Gasteiger partial charge on any atom is -0.367 e. The molecule has 0 unspecified atom stereocenters. The number of amidine groups is 1. The number of allylic oxidation sites excluding steroid dienone is 6. The normalized spacial score (nSPS) is 21.1. The van der Waals surface area contributed by atoms with Crippen molar-refractivity contribution in [2.24, 2.45) is 4.99 Å². The van der Waals surface area contributed by atoms with Crippen molar-refractivity contribution in [2.45, 2.75) is 32.7 Å². The molecule has 2 aliphatic heterocycles. The van der Waals surface area contributed by atoms with Gasteiger partial charge in [-0.3, -0.25) is 14.6 Å². The van der Waals surface area contributed by atoms with Gasteiger partial charge in [-0.1, -0.05) is 12.7 Å². The van der Waals surface area contributed by atoms with Gasteiger partial charge in [-0.2, -0.15) is 4.99 Å². The smallest absolute Gasteiger partial charge is 0.231 e. The van der Waals surface area contributed by atoms with Gasteiger partial charge >= 0.3 is 0 Å². The van der Waals surface area contributed by atoms with Crippen molar-refractivity contribution in [1.82, 2.24) is 30.1 Å². The SMILES string of the molecule is C=C/C(=C(F)\C=C\NC(=N)/N=C1/NC=C/C1=C\NC1=C(N(C)S(C)(=O)=O)CCC=C1)N1CCN(C(C)C)CC1. The van der Waals surface area contributed by atoms with Gasteiger partial charge in [-0.25, -0.2) is 12.8 Å². The largest absolute Gasteiger partial charge is 0.367 e. The lowest BCUT2D eigenvalue weighted by Gasteiger charge is -2.38. The zero-order chi connectivity index (χ0) is 28.6. The highest BCUT2D eigenvalue weighted by Crippen LogP contribution is 2.22. The van der Waals surface area contributed by atoms with Crippen LogP contribution in [0.2, 0.25) is 0 Å². The molecule has 0 saturated carbocycles. The summed E-state index contributed by atoms with van der Waals surface area (Å²) in [6.45, 7) is 11.2. The lowest BCUT2D eigenvalue weighted by atomic mass is 10.1. The molecule has 0 radical (unpaired) electrons. The maximum atomic E-state index is 14.9. The van der Waals surface area contributed by atoms with Gasteiger partial charge < -0.3 is 20.9 Å². The van der Waals surface area contributed by atoms with Crippen LogP contribution in [0.1, 0.15) is 26.7 Å². The molecule has 1 fully saturated rings. The van der Waals surface area contributed by atoms with Gasteiger partial charge in [-0.05, 0) is 51.0 Å². The summed E-state index contributed by atoms with van der Waals surface area (Å²) in [6, 6.07) is 0.459. The molecule has 0 amide bonds. The second kappa shape index (κ2) is 13.4. The number of sulfonamides is 1. The molecule has 0 spiro atoms. The number of piperazine rings is 1. The number of hydrogen-bond acceptors (Lipinski definition) is 6. The zero-order valence-corrected chi connectivity index (χ0v) is 23.9. The molecule has 0 aromatic rings. The molecule has 3 aliphatic rings. The Balaban J connectivity index is 1.64. The summed E-state index contributed by atoms with van der Waals surface area (Å²) < 4.78 is 40.2. The lowest BCUT2D eigenvalue weighted by molar-refractivity contribution is 0.131. The Bertz CT molecular complexity index is 1270. The topological polar surface area (TPSA) is 116 Å². The van der Waals surface area contributed by atoms with Crippen LogP contribution in [0.25, 0.3) is 0 Å². The lowest BCUT2D eigenvalue weighted by Crippen LogP contribution is -2.48. The number of hydrogen-bond donors (Lipinski definition) is 4. The first-order chi connectivity index (χ1) is 18.5. The molecule has 0 aromatic heterocycles. The van der Waals surface area contributed by atoms with Gasteiger partial charge in [0.25, 0.3) is 0 Å². The molecule has 212 valence electrons. The second-order valence-electron chi connectivity index (χ2n) is 9.59. The Kier molecular flexibility index (Phi) is 10.3. The maximum Gasteiger partial charge on any atom is 0.231 e. The van der Waals surface area contributed by atoms with Crippen LogP contribution in [0.15, 0.2) is 89.0 Å². The van der Waals surface area contributed by atoms with Crippen LogP contribution in [-0.2, 0) is 10.0 Å². The van der Waals surface area contributed by atoms with Gasteiger partial charge in [-0.15, -0.1) is 0 Å². The Labute approximate surface area is 231 Å². The first-order valence-corrected chi connectivity index (χ1v) is 14.7. The molecule has 12 heteroatoms. The third-order valence-electron chi connectivity index (χ3n) is 6.66. The van der Waals surface area contributed by atoms with Gasteiger partial charge in [0, 0.05) is 63.4 Å². The van der Waals surface area contributed by atoms with Crippen molar-refractivity contribution in [3.63, 3.8) is 0 Å². The molecule has 3 rings (SSSR count).